The Balaban J connectivity index is 1.07. The molecule has 0 aromatic rings. The lowest BCUT2D eigenvalue weighted by atomic mass is 9.71. The Hall–Kier alpha value is -1.13. The first-order valence-corrected chi connectivity index (χ1v) is 11.9. The van der Waals surface area contributed by atoms with Crippen LogP contribution in [0.25, 0.3) is 0 Å². The molecule has 5 atom stereocenters. The maximum atomic E-state index is 12.6. The fraction of sp³-hybridized carbons (Fsp3) is 0.800. The van der Waals surface area contributed by atoms with Gasteiger partial charge in [0.25, 0.3) is 0 Å². The minimum Gasteiger partial charge on any atom is -0.465 e. The second-order valence-corrected chi connectivity index (χ2v) is 10.5. The van der Waals surface area contributed by atoms with Gasteiger partial charge in [-0.25, -0.2) is 0 Å². The van der Waals surface area contributed by atoms with Gasteiger partial charge in [-0.3, -0.25) is 4.79 Å². The molecule has 2 saturated carbocycles. The van der Waals surface area contributed by atoms with Crippen molar-refractivity contribution in [2.24, 2.45) is 35.5 Å². The predicted molar refractivity (Wildman–Crippen MR) is 111 cm³/mol. The molecule has 4 heteroatoms. The Kier molecular flexibility index (Phi) is 5.84. The molecule has 0 amide bonds. The summed E-state index contributed by atoms with van der Waals surface area (Å²) in [6, 6.07) is 0. The van der Waals surface area contributed by atoms with E-state index in [9.17, 15) is 4.79 Å². The molecule has 0 radical (unpaired) electrons. The van der Waals surface area contributed by atoms with E-state index >= 15 is 0 Å². The summed E-state index contributed by atoms with van der Waals surface area (Å²) in [5, 5.41) is 0. The Labute approximate surface area is 175 Å². The lowest BCUT2D eigenvalue weighted by molar-refractivity contribution is -0.226. The molecule has 5 unspecified atom stereocenters. The van der Waals surface area contributed by atoms with Crippen LogP contribution in [0.3, 0.4) is 0 Å². The summed E-state index contributed by atoms with van der Waals surface area (Å²) in [6.45, 7) is 3.99. The summed E-state index contributed by atoms with van der Waals surface area (Å²) in [7, 11) is 0. The number of rotatable bonds is 4. The van der Waals surface area contributed by atoms with Crippen LogP contribution >= 0.6 is 0 Å². The zero-order valence-corrected chi connectivity index (χ0v) is 17.8. The Morgan fingerprint density at radius 2 is 1.86 bits per heavy atom. The molecule has 0 aromatic heterocycles. The zero-order valence-electron chi connectivity index (χ0n) is 17.8. The van der Waals surface area contributed by atoms with Crippen molar-refractivity contribution in [1.29, 1.82) is 0 Å². The fourth-order valence-electron chi connectivity index (χ4n) is 6.54. The highest BCUT2D eigenvalue weighted by molar-refractivity contribution is 5.73. The van der Waals surface area contributed by atoms with E-state index in [0.29, 0.717) is 37.6 Å². The van der Waals surface area contributed by atoms with Gasteiger partial charge in [0.05, 0.1) is 25.7 Å². The summed E-state index contributed by atoms with van der Waals surface area (Å²) in [4.78, 5) is 12.6. The van der Waals surface area contributed by atoms with Gasteiger partial charge < -0.3 is 14.2 Å². The van der Waals surface area contributed by atoms with Gasteiger partial charge in [-0.2, -0.15) is 0 Å². The number of ether oxygens (including phenoxy) is 3. The highest BCUT2D eigenvalue weighted by Gasteiger charge is 2.36. The van der Waals surface area contributed by atoms with Crippen LogP contribution in [0.15, 0.2) is 23.3 Å². The Morgan fingerprint density at radius 1 is 1.03 bits per heavy atom. The third-order valence-electron chi connectivity index (χ3n) is 7.76. The van der Waals surface area contributed by atoms with Crippen LogP contribution in [-0.2, 0) is 19.0 Å². The molecule has 3 fully saturated rings. The molecule has 160 valence electrons. The van der Waals surface area contributed by atoms with E-state index in [0.717, 1.165) is 18.8 Å². The SMILES string of the molecule is CC1C=C2CC(C1)CC(C(=O)OCC1COC(C3C=C4CCCC(C4)C3)OC1)C2. The van der Waals surface area contributed by atoms with Gasteiger partial charge in [-0.05, 0) is 75.5 Å². The number of allylic oxidation sites excluding steroid dienone is 3. The smallest absolute Gasteiger partial charge is 0.309 e. The van der Waals surface area contributed by atoms with Crippen molar-refractivity contribution < 1.29 is 19.0 Å². The quantitative estimate of drug-likeness (QED) is 0.490. The van der Waals surface area contributed by atoms with Crippen molar-refractivity contribution in [2.75, 3.05) is 19.8 Å². The summed E-state index contributed by atoms with van der Waals surface area (Å²) in [5.41, 5.74) is 3.09. The van der Waals surface area contributed by atoms with Crippen LogP contribution in [0.1, 0.15) is 64.7 Å². The van der Waals surface area contributed by atoms with Crippen molar-refractivity contribution in [3.8, 4) is 0 Å². The minimum absolute atomic E-state index is 0.0119. The molecule has 0 aromatic carbocycles. The largest absolute Gasteiger partial charge is 0.465 e. The molecule has 1 heterocycles. The number of carbonyl (C=O) groups is 1. The molecule has 5 aliphatic rings. The van der Waals surface area contributed by atoms with Crippen LogP contribution in [0.4, 0.5) is 0 Å². The molecule has 1 aliphatic heterocycles. The maximum Gasteiger partial charge on any atom is 0.309 e. The van der Waals surface area contributed by atoms with Gasteiger partial charge in [0.15, 0.2) is 6.29 Å². The molecular formula is C25H36O4. The summed E-state index contributed by atoms with van der Waals surface area (Å²) in [6.07, 6.45) is 15.5. The summed E-state index contributed by atoms with van der Waals surface area (Å²) >= 11 is 0. The van der Waals surface area contributed by atoms with Crippen molar-refractivity contribution in [1.82, 2.24) is 0 Å². The molecular weight excluding hydrogens is 364 g/mol. The van der Waals surface area contributed by atoms with Gasteiger partial charge in [-0.15, -0.1) is 0 Å². The van der Waals surface area contributed by atoms with Crippen molar-refractivity contribution >= 4 is 5.97 Å². The van der Waals surface area contributed by atoms with Crippen LogP contribution in [-0.4, -0.2) is 32.1 Å². The second-order valence-electron chi connectivity index (χ2n) is 10.5. The van der Waals surface area contributed by atoms with Crippen molar-refractivity contribution in [3.05, 3.63) is 23.3 Å². The first-order chi connectivity index (χ1) is 14.1. The first kappa shape index (κ1) is 19.8. The van der Waals surface area contributed by atoms with E-state index in [1.807, 2.05) is 0 Å². The molecule has 4 aliphatic carbocycles. The minimum atomic E-state index is -0.107. The highest BCUT2D eigenvalue weighted by Crippen LogP contribution is 2.42. The molecule has 29 heavy (non-hydrogen) atoms. The van der Waals surface area contributed by atoms with Crippen LogP contribution in [0, 0.1) is 35.5 Å². The zero-order chi connectivity index (χ0) is 19.8. The molecule has 0 N–H and O–H groups in total. The standard InChI is InChI=1S/C25H36O4/c1-16-5-19-8-20(6-16)12-22(11-19)24(26)27-13-21-14-28-25(29-15-21)23-9-17-3-2-4-18(7-17)10-23/h5,9,16,18,20-23,25H,2-4,6-8,10-15H2,1H3. The Morgan fingerprint density at radius 3 is 2.66 bits per heavy atom. The molecule has 4 nitrogen and oxygen atoms in total. The van der Waals surface area contributed by atoms with Gasteiger partial charge >= 0.3 is 5.97 Å². The second kappa shape index (κ2) is 8.55. The lowest BCUT2D eigenvalue weighted by Crippen LogP contribution is -2.40. The topological polar surface area (TPSA) is 44.8 Å². The monoisotopic (exact) mass is 400 g/mol. The van der Waals surface area contributed by atoms with Gasteiger partial charge in [0, 0.05) is 11.8 Å². The highest BCUT2D eigenvalue weighted by atomic mass is 16.7. The van der Waals surface area contributed by atoms with Crippen molar-refractivity contribution in [2.45, 2.75) is 71.0 Å². The van der Waals surface area contributed by atoms with E-state index in [2.05, 4.69) is 19.1 Å². The predicted octanol–water partition coefficient (Wildman–Crippen LogP) is 5.04. The molecule has 1 saturated heterocycles. The van der Waals surface area contributed by atoms with E-state index in [1.54, 1.807) is 5.57 Å². The number of hydrogen-bond donors (Lipinski definition) is 0. The van der Waals surface area contributed by atoms with E-state index in [-0.39, 0.29) is 24.1 Å². The summed E-state index contributed by atoms with van der Waals surface area (Å²) < 4.78 is 17.9. The number of hydrogen-bond acceptors (Lipinski definition) is 4. The normalized spacial score (nSPS) is 41.9. The molecule has 0 spiro atoms. The van der Waals surface area contributed by atoms with Gasteiger partial charge in [0.1, 0.15) is 0 Å². The third-order valence-corrected chi connectivity index (χ3v) is 7.76. The van der Waals surface area contributed by atoms with Crippen LogP contribution in [0.5, 0.6) is 0 Å². The van der Waals surface area contributed by atoms with E-state index in [1.165, 1.54) is 50.5 Å². The summed E-state index contributed by atoms with van der Waals surface area (Å²) in [5.74, 6) is 2.78. The molecule has 4 bridgehead atoms. The van der Waals surface area contributed by atoms with E-state index in [4.69, 9.17) is 14.2 Å². The number of carbonyl (C=O) groups excluding carboxylic acids is 1. The third kappa shape index (κ3) is 4.64. The first-order valence-electron chi connectivity index (χ1n) is 11.9. The van der Waals surface area contributed by atoms with Crippen LogP contribution in [0.2, 0.25) is 0 Å². The van der Waals surface area contributed by atoms with E-state index < -0.39 is 0 Å². The van der Waals surface area contributed by atoms with Crippen LogP contribution < -0.4 is 0 Å². The lowest BCUT2D eigenvalue weighted by Gasteiger charge is -2.39. The fourth-order valence-corrected chi connectivity index (χ4v) is 6.54. The van der Waals surface area contributed by atoms with Gasteiger partial charge in [-0.1, -0.05) is 30.2 Å². The number of fused-ring (bicyclic) bond motifs is 4. The van der Waals surface area contributed by atoms with Crippen molar-refractivity contribution in [3.63, 3.8) is 0 Å². The molecule has 5 rings (SSSR count). The van der Waals surface area contributed by atoms with Gasteiger partial charge in [0.2, 0.25) is 0 Å². The average Bonchev–Trinajstić information content (AvgIpc) is 2.71. The number of esters is 1. The Bertz CT molecular complexity index is 672. The average molecular weight is 401 g/mol. The maximum absolute atomic E-state index is 12.6.